The van der Waals surface area contributed by atoms with Crippen molar-refractivity contribution >= 4 is 28.6 Å². The van der Waals surface area contributed by atoms with Gasteiger partial charge in [-0.15, -0.1) is 0 Å². The van der Waals surface area contributed by atoms with Crippen molar-refractivity contribution in [2.24, 2.45) is 0 Å². The topological polar surface area (TPSA) is 43.8 Å². The molecule has 4 heteroatoms. The Morgan fingerprint density at radius 2 is 2.25 bits per heavy atom. The van der Waals surface area contributed by atoms with Crippen molar-refractivity contribution in [3.63, 3.8) is 0 Å². The molecule has 0 saturated carbocycles. The zero-order chi connectivity index (χ0) is 11.7. The molecule has 86 valence electrons. The number of aromatic nitrogens is 2. The highest BCUT2D eigenvalue weighted by Crippen LogP contribution is 2.29. The van der Waals surface area contributed by atoms with Crippen LogP contribution in [-0.2, 0) is 0 Å². The monoisotopic (exact) mass is 237 g/mol. The first kappa shape index (κ1) is 11.3. The van der Waals surface area contributed by atoms with E-state index >= 15 is 0 Å². The van der Waals surface area contributed by atoms with Crippen LogP contribution in [0.4, 0.5) is 5.95 Å². The van der Waals surface area contributed by atoms with Gasteiger partial charge in [0.25, 0.3) is 0 Å². The maximum absolute atomic E-state index is 6.09. The van der Waals surface area contributed by atoms with E-state index in [9.17, 15) is 0 Å². The Labute approximate surface area is 100 Å². The van der Waals surface area contributed by atoms with Crippen LogP contribution in [0.15, 0.2) is 18.2 Å². The van der Waals surface area contributed by atoms with Gasteiger partial charge in [-0.25, -0.2) is 4.98 Å². The maximum atomic E-state index is 6.09. The van der Waals surface area contributed by atoms with Crippen LogP contribution in [-0.4, -0.2) is 9.55 Å². The number of rotatable bonds is 3. The standard InChI is InChI=1S/C12H16ClN3/c1-3-5-8(2)16-10-7-4-6-9(13)11(10)15-12(16)14/h4,6-8H,3,5H2,1-2H3,(H2,14,15). The second-order valence-electron chi connectivity index (χ2n) is 4.09. The minimum absolute atomic E-state index is 0.355. The number of anilines is 1. The summed E-state index contributed by atoms with van der Waals surface area (Å²) in [7, 11) is 0. The molecule has 1 aromatic heterocycles. The van der Waals surface area contributed by atoms with Crippen LogP contribution < -0.4 is 5.73 Å². The highest BCUT2D eigenvalue weighted by Gasteiger charge is 2.14. The molecule has 0 aliphatic rings. The molecule has 16 heavy (non-hydrogen) atoms. The molecule has 0 radical (unpaired) electrons. The van der Waals surface area contributed by atoms with E-state index in [0.717, 1.165) is 23.9 Å². The molecule has 2 rings (SSSR count). The van der Waals surface area contributed by atoms with Gasteiger partial charge in [0.2, 0.25) is 5.95 Å². The van der Waals surface area contributed by atoms with Crippen LogP contribution in [0.5, 0.6) is 0 Å². The number of hydrogen-bond acceptors (Lipinski definition) is 2. The molecule has 1 heterocycles. The number of halogens is 1. The summed E-state index contributed by atoms with van der Waals surface area (Å²) in [4.78, 5) is 4.32. The van der Waals surface area contributed by atoms with Gasteiger partial charge in [-0.1, -0.05) is 31.0 Å². The largest absolute Gasteiger partial charge is 0.369 e. The summed E-state index contributed by atoms with van der Waals surface area (Å²) in [5.74, 6) is 0.545. The molecule has 1 aromatic carbocycles. The Balaban J connectivity index is 2.60. The zero-order valence-corrected chi connectivity index (χ0v) is 10.3. The van der Waals surface area contributed by atoms with Crippen LogP contribution in [0, 0.1) is 0 Å². The SMILES string of the molecule is CCCC(C)n1c(N)nc2c(Cl)cccc21. The van der Waals surface area contributed by atoms with Crippen molar-refractivity contribution in [2.45, 2.75) is 32.7 Å². The molecule has 0 amide bonds. The number of benzene rings is 1. The van der Waals surface area contributed by atoms with Crippen LogP contribution in [0.25, 0.3) is 11.0 Å². The summed E-state index contributed by atoms with van der Waals surface area (Å²) in [5.41, 5.74) is 7.76. The summed E-state index contributed by atoms with van der Waals surface area (Å²) in [6.07, 6.45) is 2.21. The van der Waals surface area contributed by atoms with E-state index in [-0.39, 0.29) is 0 Å². The normalized spacial score (nSPS) is 13.2. The number of nitrogens with zero attached hydrogens (tertiary/aromatic N) is 2. The van der Waals surface area contributed by atoms with E-state index in [2.05, 4.69) is 23.4 Å². The van der Waals surface area contributed by atoms with Crippen molar-refractivity contribution < 1.29 is 0 Å². The van der Waals surface area contributed by atoms with Gasteiger partial charge in [0.1, 0.15) is 5.52 Å². The van der Waals surface area contributed by atoms with Crippen molar-refractivity contribution in [1.82, 2.24) is 9.55 Å². The van der Waals surface area contributed by atoms with Gasteiger partial charge in [0.05, 0.1) is 10.5 Å². The molecular formula is C12H16ClN3. The first-order chi connectivity index (χ1) is 7.65. The van der Waals surface area contributed by atoms with Crippen molar-refractivity contribution in [3.8, 4) is 0 Å². The second-order valence-corrected chi connectivity index (χ2v) is 4.49. The Morgan fingerprint density at radius 3 is 2.94 bits per heavy atom. The minimum atomic E-state index is 0.355. The molecule has 0 bridgehead atoms. The summed E-state index contributed by atoms with van der Waals surface area (Å²) >= 11 is 6.09. The number of imidazole rings is 1. The molecule has 2 aromatic rings. The average Bonchev–Trinajstić information content (AvgIpc) is 2.56. The number of nitrogen functional groups attached to an aromatic ring is 1. The summed E-state index contributed by atoms with van der Waals surface area (Å²) < 4.78 is 2.06. The summed E-state index contributed by atoms with van der Waals surface area (Å²) in [5, 5.41) is 0.659. The molecule has 3 nitrogen and oxygen atoms in total. The van der Waals surface area contributed by atoms with Gasteiger partial charge in [0, 0.05) is 6.04 Å². The maximum Gasteiger partial charge on any atom is 0.201 e. The first-order valence-corrected chi connectivity index (χ1v) is 5.94. The number of para-hydroxylation sites is 1. The lowest BCUT2D eigenvalue weighted by Gasteiger charge is -2.14. The predicted molar refractivity (Wildman–Crippen MR) is 68.8 cm³/mol. The number of fused-ring (bicyclic) bond motifs is 1. The molecule has 2 N–H and O–H groups in total. The van der Waals surface area contributed by atoms with Crippen LogP contribution in [0.3, 0.4) is 0 Å². The lowest BCUT2D eigenvalue weighted by atomic mass is 10.2. The Kier molecular flexibility index (Phi) is 3.06. The Bertz CT molecular complexity index is 504. The lowest BCUT2D eigenvalue weighted by Crippen LogP contribution is -2.08. The summed E-state index contributed by atoms with van der Waals surface area (Å²) in [6.45, 7) is 4.32. The van der Waals surface area contributed by atoms with E-state index in [1.807, 2.05) is 18.2 Å². The molecule has 1 unspecified atom stereocenters. The number of hydrogen-bond donors (Lipinski definition) is 1. The van der Waals surface area contributed by atoms with Crippen molar-refractivity contribution in [3.05, 3.63) is 23.2 Å². The van der Waals surface area contributed by atoms with Gasteiger partial charge in [-0.3, -0.25) is 0 Å². The van der Waals surface area contributed by atoms with Gasteiger partial charge in [0.15, 0.2) is 0 Å². The molecular weight excluding hydrogens is 222 g/mol. The molecule has 0 spiro atoms. The van der Waals surface area contributed by atoms with Crippen LogP contribution in [0.1, 0.15) is 32.7 Å². The fourth-order valence-electron chi connectivity index (χ4n) is 2.11. The predicted octanol–water partition coefficient (Wildman–Crippen LogP) is 3.63. The third-order valence-electron chi connectivity index (χ3n) is 2.85. The van der Waals surface area contributed by atoms with Crippen LogP contribution >= 0.6 is 11.6 Å². The van der Waals surface area contributed by atoms with E-state index in [0.29, 0.717) is 17.0 Å². The Morgan fingerprint density at radius 1 is 1.50 bits per heavy atom. The van der Waals surface area contributed by atoms with E-state index in [4.69, 9.17) is 17.3 Å². The highest BCUT2D eigenvalue weighted by molar-refractivity contribution is 6.35. The molecule has 0 aliphatic heterocycles. The van der Waals surface area contributed by atoms with Gasteiger partial charge in [-0.05, 0) is 25.5 Å². The fourth-order valence-corrected chi connectivity index (χ4v) is 2.32. The molecule has 0 aliphatic carbocycles. The van der Waals surface area contributed by atoms with Gasteiger partial charge < -0.3 is 10.3 Å². The van der Waals surface area contributed by atoms with E-state index in [1.165, 1.54) is 0 Å². The third kappa shape index (κ3) is 1.76. The highest BCUT2D eigenvalue weighted by atomic mass is 35.5. The van der Waals surface area contributed by atoms with E-state index < -0.39 is 0 Å². The minimum Gasteiger partial charge on any atom is -0.369 e. The number of nitrogens with two attached hydrogens (primary N) is 1. The molecule has 0 fully saturated rings. The molecule has 1 atom stereocenters. The fraction of sp³-hybridized carbons (Fsp3) is 0.417. The smallest absolute Gasteiger partial charge is 0.201 e. The van der Waals surface area contributed by atoms with Gasteiger partial charge in [-0.2, -0.15) is 0 Å². The van der Waals surface area contributed by atoms with Gasteiger partial charge >= 0.3 is 0 Å². The quantitative estimate of drug-likeness (QED) is 0.886. The van der Waals surface area contributed by atoms with Crippen molar-refractivity contribution in [2.75, 3.05) is 5.73 Å². The van der Waals surface area contributed by atoms with E-state index in [1.54, 1.807) is 0 Å². The lowest BCUT2D eigenvalue weighted by molar-refractivity contribution is 0.518. The van der Waals surface area contributed by atoms with Crippen LogP contribution in [0.2, 0.25) is 5.02 Å². The third-order valence-corrected chi connectivity index (χ3v) is 3.15. The van der Waals surface area contributed by atoms with Crippen molar-refractivity contribution in [1.29, 1.82) is 0 Å². The first-order valence-electron chi connectivity index (χ1n) is 5.57. The zero-order valence-electron chi connectivity index (χ0n) is 9.57. The Hall–Kier alpha value is -1.22. The molecule has 0 saturated heterocycles. The second kappa shape index (κ2) is 4.34. The summed E-state index contributed by atoms with van der Waals surface area (Å²) in [6, 6.07) is 6.14. The average molecular weight is 238 g/mol.